The van der Waals surface area contributed by atoms with E-state index >= 15 is 0 Å². The Morgan fingerprint density at radius 1 is 1.04 bits per heavy atom. The molecule has 4 nitrogen and oxygen atoms in total. The van der Waals surface area contributed by atoms with Crippen LogP contribution >= 0.6 is 15.9 Å². The number of halogens is 1. The van der Waals surface area contributed by atoms with Gasteiger partial charge in [0.1, 0.15) is 5.58 Å². The standard InChI is InChI=1S/C21H21BrN2O2/c22-16-8-9-17-15(12-21(25)26-20(17)13-16)14-23-18-6-2-3-7-19(18)24-10-4-1-5-11-24/h2-3,6-9,12-13,23H,1,4-5,10-11,14H2. The van der Waals surface area contributed by atoms with Crippen LogP contribution in [0, 0.1) is 0 Å². The summed E-state index contributed by atoms with van der Waals surface area (Å²) in [5, 5.41) is 4.48. The van der Waals surface area contributed by atoms with Gasteiger partial charge in [-0.05, 0) is 55.2 Å². The van der Waals surface area contributed by atoms with E-state index in [1.54, 1.807) is 6.07 Å². The molecule has 1 saturated heterocycles. The summed E-state index contributed by atoms with van der Waals surface area (Å²) in [7, 11) is 0. The number of piperidine rings is 1. The molecule has 0 radical (unpaired) electrons. The van der Waals surface area contributed by atoms with E-state index in [-0.39, 0.29) is 5.63 Å². The lowest BCUT2D eigenvalue weighted by Gasteiger charge is -2.30. The first kappa shape index (κ1) is 17.2. The Kier molecular flexibility index (Phi) is 4.98. The summed E-state index contributed by atoms with van der Waals surface area (Å²) in [6, 6.07) is 15.8. The van der Waals surface area contributed by atoms with Crippen molar-refractivity contribution in [3.63, 3.8) is 0 Å². The molecule has 1 fully saturated rings. The highest BCUT2D eigenvalue weighted by Gasteiger charge is 2.14. The summed E-state index contributed by atoms with van der Waals surface area (Å²) in [6.07, 6.45) is 3.80. The highest BCUT2D eigenvalue weighted by Crippen LogP contribution is 2.29. The van der Waals surface area contributed by atoms with Gasteiger partial charge in [-0.15, -0.1) is 0 Å². The first-order valence-electron chi connectivity index (χ1n) is 9.01. The van der Waals surface area contributed by atoms with E-state index in [1.165, 1.54) is 24.9 Å². The van der Waals surface area contributed by atoms with Crippen molar-refractivity contribution >= 4 is 38.3 Å². The summed E-state index contributed by atoms with van der Waals surface area (Å²) in [5.41, 5.74) is 3.57. The first-order chi connectivity index (χ1) is 12.7. The second-order valence-corrected chi connectivity index (χ2v) is 7.57. The molecular weight excluding hydrogens is 392 g/mol. The summed E-state index contributed by atoms with van der Waals surface area (Å²) < 4.78 is 6.23. The molecule has 3 aromatic rings. The summed E-state index contributed by atoms with van der Waals surface area (Å²) in [6.45, 7) is 2.78. The maximum absolute atomic E-state index is 11.9. The number of nitrogens with one attached hydrogen (secondary N) is 1. The summed E-state index contributed by atoms with van der Waals surface area (Å²) in [4.78, 5) is 14.4. The molecule has 5 heteroatoms. The van der Waals surface area contributed by atoms with Crippen molar-refractivity contribution in [2.24, 2.45) is 0 Å². The lowest BCUT2D eigenvalue weighted by Crippen LogP contribution is -2.30. The highest BCUT2D eigenvalue weighted by molar-refractivity contribution is 9.10. The number of hydrogen-bond donors (Lipinski definition) is 1. The molecule has 0 spiro atoms. The number of para-hydroxylation sites is 2. The Morgan fingerprint density at radius 3 is 2.69 bits per heavy atom. The predicted octanol–water partition coefficient (Wildman–Crippen LogP) is 5.16. The monoisotopic (exact) mass is 412 g/mol. The van der Waals surface area contributed by atoms with Gasteiger partial charge in [-0.1, -0.05) is 28.1 Å². The van der Waals surface area contributed by atoms with Gasteiger partial charge in [0.25, 0.3) is 0 Å². The molecule has 1 aliphatic rings. The van der Waals surface area contributed by atoms with E-state index in [9.17, 15) is 4.79 Å². The van der Waals surface area contributed by atoms with Crippen LogP contribution in [0.15, 0.2) is 62.2 Å². The minimum Gasteiger partial charge on any atom is -0.423 e. The fourth-order valence-electron chi connectivity index (χ4n) is 3.57. The average Bonchev–Trinajstić information content (AvgIpc) is 2.66. The minimum absolute atomic E-state index is 0.322. The normalized spacial score (nSPS) is 14.6. The van der Waals surface area contributed by atoms with Crippen molar-refractivity contribution in [3.05, 3.63) is 69.0 Å². The van der Waals surface area contributed by atoms with Crippen molar-refractivity contribution in [1.29, 1.82) is 0 Å². The van der Waals surface area contributed by atoms with E-state index in [0.717, 1.165) is 34.2 Å². The Balaban J connectivity index is 1.62. The zero-order valence-electron chi connectivity index (χ0n) is 14.5. The van der Waals surface area contributed by atoms with Gasteiger partial charge >= 0.3 is 5.63 Å². The molecule has 0 bridgehead atoms. The largest absolute Gasteiger partial charge is 0.423 e. The fraction of sp³-hybridized carbons (Fsp3) is 0.286. The van der Waals surface area contributed by atoms with Crippen LogP contribution in [0.3, 0.4) is 0 Å². The number of nitrogens with zero attached hydrogens (tertiary/aromatic N) is 1. The molecule has 0 atom stereocenters. The Morgan fingerprint density at radius 2 is 1.85 bits per heavy atom. The van der Waals surface area contributed by atoms with Gasteiger partial charge in [0.15, 0.2) is 0 Å². The van der Waals surface area contributed by atoms with Crippen LogP contribution in [-0.4, -0.2) is 13.1 Å². The maximum atomic E-state index is 11.9. The smallest absolute Gasteiger partial charge is 0.336 e. The zero-order valence-corrected chi connectivity index (χ0v) is 16.1. The van der Waals surface area contributed by atoms with Crippen LogP contribution in [0.5, 0.6) is 0 Å². The molecule has 1 N–H and O–H groups in total. The molecule has 134 valence electrons. The molecule has 0 unspecified atom stereocenters. The Hall–Kier alpha value is -2.27. The molecular formula is C21H21BrN2O2. The first-order valence-corrected chi connectivity index (χ1v) is 9.80. The molecule has 1 aromatic heterocycles. The predicted molar refractivity (Wildman–Crippen MR) is 110 cm³/mol. The van der Waals surface area contributed by atoms with Crippen LogP contribution in [-0.2, 0) is 6.54 Å². The molecule has 2 aromatic carbocycles. The lowest BCUT2D eigenvalue weighted by molar-refractivity contribution is 0.559. The Bertz CT molecular complexity index is 977. The third-order valence-corrected chi connectivity index (χ3v) is 5.36. The van der Waals surface area contributed by atoms with Crippen LogP contribution in [0.25, 0.3) is 11.0 Å². The van der Waals surface area contributed by atoms with Crippen molar-refractivity contribution in [2.75, 3.05) is 23.3 Å². The SMILES string of the molecule is O=c1cc(CNc2ccccc2N2CCCCC2)c2ccc(Br)cc2o1. The van der Waals surface area contributed by atoms with Gasteiger partial charge in [0, 0.05) is 35.6 Å². The Labute approximate surface area is 160 Å². The second kappa shape index (κ2) is 7.54. The minimum atomic E-state index is -0.322. The van der Waals surface area contributed by atoms with Crippen molar-refractivity contribution < 1.29 is 4.42 Å². The van der Waals surface area contributed by atoms with Crippen molar-refractivity contribution in [2.45, 2.75) is 25.8 Å². The molecule has 2 heterocycles. The van der Waals surface area contributed by atoms with Crippen molar-refractivity contribution in [1.82, 2.24) is 0 Å². The molecule has 0 saturated carbocycles. The van der Waals surface area contributed by atoms with E-state index in [4.69, 9.17) is 4.42 Å². The fourth-order valence-corrected chi connectivity index (χ4v) is 3.91. The second-order valence-electron chi connectivity index (χ2n) is 6.65. The van der Waals surface area contributed by atoms with Crippen LogP contribution in [0.1, 0.15) is 24.8 Å². The van der Waals surface area contributed by atoms with E-state index in [0.29, 0.717) is 12.1 Å². The quantitative estimate of drug-likeness (QED) is 0.601. The lowest BCUT2D eigenvalue weighted by atomic mass is 10.1. The van der Waals surface area contributed by atoms with Gasteiger partial charge in [-0.3, -0.25) is 0 Å². The zero-order chi connectivity index (χ0) is 17.9. The van der Waals surface area contributed by atoms with Gasteiger partial charge in [0.05, 0.1) is 11.4 Å². The van der Waals surface area contributed by atoms with E-state index in [1.807, 2.05) is 24.3 Å². The summed E-state index contributed by atoms with van der Waals surface area (Å²) in [5.74, 6) is 0. The van der Waals surface area contributed by atoms with Crippen LogP contribution in [0.4, 0.5) is 11.4 Å². The third kappa shape index (κ3) is 3.63. The average molecular weight is 413 g/mol. The van der Waals surface area contributed by atoms with Crippen LogP contribution in [0.2, 0.25) is 0 Å². The van der Waals surface area contributed by atoms with Gasteiger partial charge in [0.2, 0.25) is 0 Å². The number of rotatable bonds is 4. The van der Waals surface area contributed by atoms with Gasteiger partial charge in [-0.2, -0.15) is 0 Å². The van der Waals surface area contributed by atoms with Crippen molar-refractivity contribution in [3.8, 4) is 0 Å². The van der Waals surface area contributed by atoms with E-state index < -0.39 is 0 Å². The number of benzene rings is 2. The maximum Gasteiger partial charge on any atom is 0.336 e. The molecule has 4 rings (SSSR count). The molecule has 0 aliphatic carbocycles. The summed E-state index contributed by atoms with van der Waals surface area (Å²) >= 11 is 3.43. The highest BCUT2D eigenvalue weighted by atomic mass is 79.9. The van der Waals surface area contributed by atoms with Crippen LogP contribution < -0.4 is 15.8 Å². The topological polar surface area (TPSA) is 45.5 Å². The number of anilines is 2. The molecule has 1 aliphatic heterocycles. The molecule has 26 heavy (non-hydrogen) atoms. The third-order valence-electron chi connectivity index (χ3n) is 4.86. The van der Waals surface area contributed by atoms with Gasteiger partial charge in [-0.25, -0.2) is 4.79 Å². The van der Waals surface area contributed by atoms with Gasteiger partial charge < -0.3 is 14.6 Å². The van der Waals surface area contributed by atoms with E-state index in [2.05, 4.69) is 44.3 Å². The number of fused-ring (bicyclic) bond motifs is 1. The molecule has 0 amide bonds. The number of hydrogen-bond acceptors (Lipinski definition) is 4.